The molecule has 1 aliphatic heterocycles. The van der Waals surface area contributed by atoms with E-state index in [0.29, 0.717) is 6.01 Å². The summed E-state index contributed by atoms with van der Waals surface area (Å²) < 4.78 is 5.66. The van der Waals surface area contributed by atoms with Crippen molar-refractivity contribution in [3.8, 4) is 0 Å². The van der Waals surface area contributed by atoms with Crippen LogP contribution in [0.5, 0.6) is 0 Å². The molecule has 22 heavy (non-hydrogen) atoms. The molecule has 1 fully saturated rings. The first-order valence-corrected chi connectivity index (χ1v) is 7.72. The lowest BCUT2D eigenvalue weighted by Gasteiger charge is -2.27. The van der Waals surface area contributed by atoms with Gasteiger partial charge in [0.1, 0.15) is 11.3 Å². The summed E-state index contributed by atoms with van der Waals surface area (Å²) in [5.41, 5.74) is 2.51. The molecule has 2 aromatic heterocycles. The van der Waals surface area contributed by atoms with E-state index >= 15 is 0 Å². The van der Waals surface area contributed by atoms with Crippen LogP contribution in [0.4, 0.5) is 17.5 Å². The molecule has 112 valence electrons. The zero-order valence-corrected chi connectivity index (χ0v) is 12.3. The van der Waals surface area contributed by atoms with Crippen LogP contribution in [0.25, 0.3) is 11.1 Å². The molecule has 1 aliphatic rings. The van der Waals surface area contributed by atoms with Crippen molar-refractivity contribution < 1.29 is 4.42 Å². The number of hydrogen-bond donors (Lipinski definition) is 1. The molecule has 0 aliphatic carbocycles. The van der Waals surface area contributed by atoms with Crippen molar-refractivity contribution >= 4 is 28.6 Å². The number of para-hydroxylation sites is 2. The molecule has 0 atom stereocenters. The van der Waals surface area contributed by atoms with E-state index < -0.39 is 0 Å². The highest BCUT2D eigenvalue weighted by molar-refractivity contribution is 5.75. The lowest BCUT2D eigenvalue weighted by Crippen LogP contribution is -2.29. The zero-order chi connectivity index (χ0) is 14.8. The summed E-state index contributed by atoms with van der Waals surface area (Å²) in [4.78, 5) is 11.3. The van der Waals surface area contributed by atoms with E-state index in [9.17, 15) is 0 Å². The quantitative estimate of drug-likeness (QED) is 0.792. The molecule has 5 nitrogen and oxygen atoms in total. The molecule has 0 bridgehead atoms. The Morgan fingerprint density at radius 2 is 1.86 bits per heavy atom. The molecule has 5 heteroatoms. The average Bonchev–Trinajstić information content (AvgIpc) is 2.98. The number of hydrogen-bond acceptors (Lipinski definition) is 5. The third-order valence-corrected chi connectivity index (χ3v) is 3.97. The fourth-order valence-electron chi connectivity index (χ4n) is 2.82. The van der Waals surface area contributed by atoms with Crippen LogP contribution in [-0.4, -0.2) is 23.1 Å². The maximum Gasteiger partial charge on any atom is 0.300 e. The first-order valence-electron chi connectivity index (χ1n) is 7.72. The van der Waals surface area contributed by atoms with E-state index in [2.05, 4.69) is 26.3 Å². The van der Waals surface area contributed by atoms with Gasteiger partial charge in [0.15, 0.2) is 5.58 Å². The first kappa shape index (κ1) is 13.1. The molecule has 4 rings (SSSR count). The Hall–Kier alpha value is -2.56. The molecule has 1 aromatic carbocycles. The van der Waals surface area contributed by atoms with Crippen molar-refractivity contribution in [3.63, 3.8) is 0 Å². The standard InChI is InChI=1S/C17H18N4O/c1-4-10-21(11-5-1)16-9-8-13(12-18-16)19-17-20-14-6-2-3-7-15(14)22-17/h2-3,6-9,12H,1,4-5,10-11H2,(H,19,20). The van der Waals surface area contributed by atoms with Crippen LogP contribution in [0.1, 0.15) is 19.3 Å². The molecule has 0 unspecified atom stereocenters. The van der Waals surface area contributed by atoms with Gasteiger partial charge in [-0.15, -0.1) is 0 Å². The maximum atomic E-state index is 5.66. The van der Waals surface area contributed by atoms with E-state index in [-0.39, 0.29) is 0 Å². The van der Waals surface area contributed by atoms with E-state index in [1.807, 2.05) is 36.5 Å². The number of piperidine rings is 1. The van der Waals surface area contributed by atoms with Gasteiger partial charge in [-0.25, -0.2) is 4.98 Å². The molecular weight excluding hydrogens is 276 g/mol. The summed E-state index contributed by atoms with van der Waals surface area (Å²) >= 11 is 0. The smallest absolute Gasteiger partial charge is 0.300 e. The zero-order valence-electron chi connectivity index (χ0n) is 12.3. The number of pyridine rings is 1. The Labute approximate surface area is 129 Å². The number of benzene rings is 1. The van der Waals surface area contributed by atoms with Crippen LogP contribution in [0.3, 0.4) is 0 Å². The number of anilines is 3. The number of rotatable bonds is 3. The number of nitrogens with zero attached hydrogens (tertiary/aromatic N) is 3. The molecular formula is C17H18N4O. The largest absolute Gasteiger partial charge is 0.423 e. The predicted octanol–water partition coefficient (Wildman–Crippen LogP) is 3.96. The maximum absolute atomic E-state index is 5.66. The van der Waals surface area contributed by atoms with Gasteiger partial charge in [0, 0.05) is 13.1 Å². The fourth-order valence-corrected chi connectivity index (χ4v) is 2.82. The minimum Gasteiger partial charge on any atom is -0.423 e. The number of nitrogens with one attached hydrogen (secondary N) is 1. The van der Waals surface area contributed by atoms with Crippen LogP contribution < -0.4 is 10.2 Å². The van der Waals surface area contributed by atoms with E-state index in [1.54, 1.807) is 0 Å². The second-order valence-corrected chi connectivity index (χ2v) is 5.56. The third-order valence-electron chi connectivity index (χ3n) is 3.97. The van der Waals surface area contributed by atoms with Crippen LogP contribution in [0.2, 0.25) is 0 Å². The molecule has 1 saturated heterocycles. The Morgan fingerprint density at radius 1 is 1.00 bits per heavy atom. The van der Waals surface area contributed by atoms with Gasteiger partial charge < -0.3 is 14.6 Å². The van der Waals surface area contributed by atoms with Crippen molar-refractivity contribution in [1.82, 2.24) is 9.97 Å². The van der Waals surface area contributed by atoms with Gasteiger partial charge in [-0.3, -0.25) is 0 Å². The molecule has 1 N–H and O–H groups in total. The minimum absolute atomic E-state index is 0.494. The first-order chi connectivity index (χ1) is 10.9. The van der Waals surface area contributed by atoms with Crippen LogP contribution >= 0.6 is 0 Å². The monoisotopic (exact) mass is 294 g/mol. The van der Waals surface area contributed by atoms with E-state index in [1.165, 1.54) is 19.3 Å². The molecule has 0 spiro atoms. The molecule has 0 amide bonds. The van der Waals surface area contributed by atoms with Crippen LogP contribution in [0.15, 0.2) is 47.0 Å². The third kappa shape index (κ3) is 2.62. The highest BCUT2D eigenvalue weighted by Gasteiger charge is 2.12. The van der Waals surface area contributed by atoms with E-state index in [0.717, 1.165) is 35.7 Å². The Bertz CT molecular complexity index is 727. The summed E-state index contributed by atoms with van der Waals surface area (Å²) in [5, 5.41) is 3.16. The summed E-state index contributed by atoms with van der Waals surface area (Å²) in [5.74, 6) is 1.04. The van der Waals surface area contributed by atoms with Crippen molar-refractivity contribution in [2.24, 2.45) is 0 Å². The number of aromatic nitrogens is 2. The second kappa shape index (κ2) is 5.67. The Kier molecular flexibility index (Phi) is 3.39. The number of fused-ring (bicyclic) bond motifs is 1. The molecule has 3 heterocycles. The topological polar surface area (TPSA) is 54.2 Å². The van der Waals surface area contributed by atoms with E-state index in [4.69, 9.17) is 4.42 Å². The van der Waals surface area contributed by atoms with Gasteiger partial charge in [-0.05, 0) is 43.5 Å². The van der Waals surface area contributed by atoms with Gasteiger partial charge >= 0.3 is 0 Å². The molecule has 0 saturated carbocycles. The summed E-state index contributed by atoms with van der Waals surface area (Å²) in [6.45, 7) is 2.20. The highest BCUT2D eigenvalue weighted by atomic mass is 16.4. The lowest BCUT2D eigenvalue weighted by atomic mass is 10.1. The lowest BCUT2D eigenvalue weighted by molar-refractivity contribution is 0.573. The van der Waals surface area contributed by atoms with Crippen LogP contribution in [0, 0.1) is 0 Å². The van der Waals surface area contributed by atoms with Gasteiger partial charge in [0.2, 0.25) is 0 Å². The predicted molar refractivity (Wildman–Crippen MR) is 87.6 cm³/mol. The minimum atomic E-state index is 0.494. The van der Waals surface area contributed by atoms with Crippen molar-refractivity contribution in [3.05, 3.63) is 42.6 Å². The van der Waals surface area contributed by atoms with Crippen molar-refractivity contribution in [2.75, 3.05) is 23.3 Å². The summed E-state index contributed by atoms with van der Waals surface area (Å²) in [7, 11) is 0. The highest BCUT2D eigenvalue weighted by Crippen LogP contribution is 2.23. The van der Waals surface area contributed by atoms with Gasteiger partial charge in [-0.2, -0.15) is 4.98 Å². The SMILES string of the molecule is c1ccc2oc(Nc3ccc(N4CCCCC4)nc3)nc2c1. The van der Waals surface area contributed by atoms with Crippen molar-refractivity contribution in [2.45, 2.75) is 19.3 Å². The normalized spacial score (nSPS) is 15.2. The fraction of sp³-hybridized carbons (Fsp3) is 0.294. The van der Waals surface area contributed by atoms with Crippen LogP contribution in [-0.2, 0) is 0 Å². The summed E-state index contributed by atoms with van der Waals surface area (Å²) in [6.07, 6.45) is 5.67. The summed E-state index contributed by atoms with van der Waals surface area (Å²) in [6, 6.07) is 12.3. The van der Waals surface area contributed by atoms with Gasteiger partial charge in [-0.1, -0.05) is 12.1 Å². The molecule has 3 aromatic rings. The second-order valence-electron chi connectivity index (χ2n) is 5.56. The van der Waals surface area contributed by atoms with Crippen molar-refractivity contribution in [1.29, 1.82) is 0 Å². The van der Waals surface area contributed by atoms with Gasteiger partial charge in [0.05, 0.1) is 11.9 Å². The van der Waals surface area contributed by atoms with Gasteiger partial charge in [0.25, 0.3) is 6.01 Å². The Morgan fingerprint density at radius 3 is 2.64 bits per heavy atom. The average molecular weight is 294 g/mol. The molecule has 0 radical (unpaired) electrons. The Balaban J connectivity index is 1.50. The number of oxazole rings is 1.